The van der Waals surface area contributed by atoms with E-state index in [2.05, 4.69) is 46.8 Å². The zero-order valence-electron chi connectivity index (χ0n) is 19.5. The minimum absolute atomic E-state index is 0.101. The molecule has 2 aromatic rings. The zero-order chi connectivity index (χ0) is 23.0. The highest BCUT2D eigenvalue weighted by atomic mass is 19.1. The molecule has 0 aliphatic carbocycles. The van der Waals surface area contributed by atoms with E-state index in [-0.39, 0.29) is 23.1 Å². The summed E-state index contributed by atoms with van der Waals surface area (Å²) in [4.78, 5) is 6.44. The van der Waals surface area contributed by atoms with E-state index in [0.29, 0.717) is 6.54 Å². The van der Waals surface area contributed by atoms with E-state index in [1.54, 1.807) is 13.1 Å². The third-order valence-electron chi connectivity index (χ3n) is 6.07. The average Bonchev–Trinajstić information content (AvgIpc) is 2.81. The molecule has 0 spiro atoms. The first-order valence-electron chi connectivity index (χ1n) is 11.1. The van der Waals surface area contributed by atoms with Gasteiger partial charge < -0.3 is 25.0 Å². The number of ether oxygens (including phenoxy) is 2. The number of guanidine groups is 1. The van der Waals surface area contributed by atoms with Crippen molar-refractivity contribution >= 4 is 5.96 Å². The Morgan fingerprint density at radius 3 is 2.56 bits per heavy atom. The van der Waals surface area contributed by atoms with Gasteiger partial charge in [0, 0.05) is 52.0 Å². The molecule has 0 saturated carbocycles. The fourth-order valence-electron chi connectivity index (χ4n) is 4.21. The SMILES string of the molecule is CN=C(NCC1(NC(C)c2ccccc2)CCOCC1)N(C)Cc1ccc(OC)c(F)c1. The fourth-order valence-corrected chi connectivity index (χ4v) is 4.21. The van der Waals surface area contributed by atoms with Crippen LogP contribution in [-0.4, -0.2) is 57.4 Å². The minimum Gasteiger partial charge on any atom is -0.494 e. The van der Waals surface area contributed by atoms with Crippen LogP contribution < -0.4 is 15.4 Å². The van der Waals surface area contributed by atoms with Crippen LogP contribution in [-0.2, 0) is 11.3 Å². The number of halogens is 1. The van der Waals surface area contributed by atoms with Crippen LogP contribution in [0.5, 0.6) is 5.75 Å². The number of methoxy groups -OCH3 is 1. The largest absolute Gasteiger partial charge is 0.494 e. The first kappa shape index (κ1) is 24.0. The topological polar surface area (TPSA) is 58.1 Å². The summed E-state index contributed by atoms with van der Waals surface area (Å²) in [6.45, 7) is 4.92. The molecule has 1 saturated heterocycles. The zero-order valence-corrected chi connectivity index (χ0v) is 19.5. The lowest BCUT2D eigenvalue weighted by Crippen LogP contribution is -2.58. The van der Waals surface area contributed by atoms with Gasteiger partial charge in [0.2, 0.25) is 0 Å². The van der Waals surface area contributed by atoms with E-state index in [9.17, 15) is 4.39 Å². The Morgan fingerprint density at radius 1 is 1.22 bits per heavy atom. The number of hydrogen-bond donors (Lipinski definition) is 2. The van der Waals surface area contributed by atoms with Gasteiger partial charge in [0.15, 0.2) is 17.5 Å². The quantitative estimate of drug-likeness (QED) is 0.482. The molecule has 0 radical (unpaired) electrons. The highest BCUT2D eigenvalue weighted by molar-refractivity contribution is 5.79. The Kier molecular flexibility index (Phi) is 8.47. The molecule has 32 heavy (non-hydrogen) atoms. The predicted octanol–water partition coefficient (Wildman–Crippen LogP) is 3.74. The van der Waals surface area contributed by atoms with Crippen molar-refractivity contribution in [1.29, 1.82) is 0 Å². The summed E-state index contributed by atoms with van der Waals surface area (Å²) in [5.41, 5.74) is 2.02. The molecular weight excluding hydrogens is 407 g/mol. The van der Waals surface area contributed by atoms with Crippen molar-refractivity contribution in [1.82, 2.24) is 15.5 Å². The van der Waals surface area contributed by atoms with Gasteiger partial charge in [0.25, 0.3) is 0 Å². The highest BCUT2D eigenvalue weighted by Gasteiger charge is 2.34. The molecule has 1 unspecified atom stereocenters. The van der Waals surface area contributed by atoms with Crippen LogP contribution in [0.25, 0.3) is 0 Å². The molecule has 7 heteroatoms. The van der Waals surface area contributed by atoms with Crippen molar-refractivity contribution in [3.05, 3.63) is 65.5 Å². The maximum absolute atomic E-state index is 14.1. The van der Waals surface area contributed by atoms with Crippen LogP contribution >= 0.6 is 0 Å². The highest BCUT2D eigenvalue weighted by Crippen LogP contribution is 2.25. The van der Waals surface area contributed by atoms with Gasteiger partial charge >= 0.3 is 0 Å². The number of aliphatic imine (C=N–C) groups is 1. The van der Waals surface area contributed by atoms with E-state index in [4.69, 9.17) is 9.47 Å². The smallest absolute Gasteiger partial charge is 0.193 e. The number of rotatable bonds is 8. The normalized spacial score (nSPS) is 17.0. The molecule has 3 rings (SSSR count). The van der Waals surface area contributed by atoms with E-state index >= 15 is 0 Å². The Labute approximate surface area is 190 Å². The molecule has 1 fully saturated rings. The molecule has 1 heterocycles. The van der Waals surface area contributed by atoms with Crippen LogP contribution in [0.1, 0.15) is 36.9 Å². The Morgan fingerprint density at radius 2 is 1.94 bits per heavy atom. The number of hydrogen-bond acceptors (Lipinski definition) is 4. The summed E-state index contributed by atoms with van der Waals surface area (Å²) in [6, 6.07) is 15.7. The second kappa shape index (κ2) is 11.3. The summed E-state index contributed by atoms with van der Waals surface area (Å²) < 4.78 is 24.7. The Bertz CT molecular complexity index is 885. The van der Waals surface area contributed by atoms with Gasteiger partial charge in [-0.25, -0.2) is 4.39 Å². The summed E-state index contributed by atoms with van der Waals surface area (Å²) >= 11 is 0. The van der Waals surface area contributed by atoms with Gasteiger partial charge in [-0.3, -0.25) is 4.99 Å². The minimum atomic E-state index is -0.360. The molecule has 1 aliphatic rings. The molecule has 174 valence electrons. The summed E-state index contributed by atoms with van der Waals surface area (Å²) in [5, 5.41) is 7.39. The lowest BCUT2D eigenvalue weighted by Gasteiger charge is -2.41. The van der Waals surface area contributed by atoms with Crippen molar-refractivity contribution in [2.24, 2.45) is 4.99 Å². The van der Waals surface area contributed by atoms with E-state index in [1.807, 2.05) is 24.1 Å². The van der Waals surface area contributed by atoms with Crippen molar-refractivity contribution in [2.75, 3.05) is 41.0 Å². The predicted molar refractivity (Wildman–Crippen MR) is 127 cm³/mol. The maximum atomic E-state index is 14.1. The van der Waals surface area contributed by atoms with Crippen LogP contribution in [0.3, 0.4) is 0 Å². The Balaban J connectivity index is 1.65. The maximum Gasteiger partial charge on any atom is 0.193 e. The second-order valence-electron chi connectivity index (χ2n) is 8.40. The first-order valence-corrected chi connectivity index (χ1v) is 11.1. The van der Waals surface area contributed by atoms with Crippen molar-refractivity contribution in [2.45, 2.75) is 37.9 Å². The van der Waals surface area contributed by atoms with Crippen LogP contribution in [0.4, 0.5) is 4.39 Å². The lowest BCUT2D eigenvalue weighted by atomic mass is 9.88. The van der Waals surface area contributed by atoms with Crippen LogP contribution in [0.2, 0.25) is 0 Å². The van der Waals surface area contributed by atoms with Gasteiger partial charge in [-0.05, 0) is 43.0 Å². The van der Waals surface area contributed by atoms with E-state index in [0.717, 1.165) is 44.1 Å². The molecule has 0 aromatic heterocycles. The molecule has 1 aliphatic heterocycles. The second-order valence-corrected chi connectivity index (χ2v) is 8.40. The van der Waals surface area contributed by atoms with Crippen LogP contribution in [0, 0.1) is 5.82 Å². The molecule has 0 bridgehead atoms. The van der Waals surface area contributed by atoms with Gasteiger partial charge in [-0.15, -0.1) is 0 Å². The van der Waals surface area contributed by atoms with Crippen molar-refractivity contribution in [3.8, 4) is 5.75 Å². The monoisotopic (exact) mass is 442 g/mol. The van der Waals surface area contributed by atoms with Crippen LogP contribution in [0.15, 0.2) is 53.5 Å². The number of nitrogens with one attached hydrogen (secondary N) is 2. The summed E-state index contributed by atoms with van der Waals surface area (Å²) in [7, 11) is 5.19. The third kappa shape index (κ3) is 6.20. The summed E-state index contributed by atoms with van der Waals surface area (Å²) in [6.07, 6.45) is 1.84. The molecule has 2 aromatic carbocycles. The average molecular weight is 443 g/mol. The molecule has 2 N–H and O–H groups in total. The number of nitrogens with zero attached hydrogens (tertiary/aromatic N) is 2. The van der Waals surface area contributed by atoms with Crippen molar-refractivity contribution in [3.63, 3.8) is 0 Å². The lowest BCUT2D eigenvalue weighted by molar-refractivity contribution is 0.0353. The van der Waals surface area contributed by atoms with E-state index in [1.165, 1.54) is 18.7 Å². The fraction of sp³-hybridized carbons (Fsp3) is 0.480. The summed E-state index contributed by atoms with van der Waals surface area (Å²) in [5.74, 6) is 0.654. The van der Waals surface area contributed by atoms with Gasteiger partial charge in [0.1, 0.15) is 0 Å². The van der Waals surface area contributed by atoms with Gasteiger partial charge in [0.05, 0.1) is 7.11 Å². The van der Waals surface area contributed by atoms with Crippen molar-refractivity contribution < 1.29 is 13.9 Å². The molecular formula is C25H35FN4O2. The molecule has 0 amide bonds. The third-order valence-corrected chi connectivity index (χ3v) is 6.07. The van der Waals surface area contributed by atoms with E-state index < -0.39 is 0 Å². The number of benzene rings is 2. The van der Waals surface area contributed by atoms with Gasteiger partial charge in [-0.1, -0.05) is 36.4 Å². The molecule has 6 nitrogen and oxygen atoms in total. The first-order chi connectivity index (χ1) is 15.5. The standard InChI is InChI=1S/C25H35FN4O2/c1-19(21-8-6-5-7-9-21)29-25(12-14-32-15-13-25)18-28-24(27-2)30(3)17-20-10-11-23(31-4)22(26)16-20/h5-11,16,19,29H,12-15,17-18H2,1-4H3,(H,27,28). The Hall–Kier alpha value is -2.64. The van der Waals surface area contributed by atoms with Gasteiger partial charge in [-0.2, -0.15) is 0 Å². The molecule has 1 atom stereocenters.